The highest BCUT2D eigenvalue weighted by atomic mass is 32.2. The molecule has 178 valence electrons. The topological polar surface area (TPSA) is 20.3 Å². The van der Waals surface area contributed by atoms with Crippen molar-refractivity contribution in [1.82, 2.24) is 4.31 Å². The Morgan fingerprint density at radius 3 is 1.72 bits per heavy atom. The summed E-state index contributed by atoms with van der Waals surface area (Å²) in [5.74, 6) is 0. The summed E-state index contributed by atoms with van der Waals surface area (Å²) < 4.78 is 15.4. The van der Waals surface area contributed by atoms with E-state index in [1.54, 1.807) is 0 Å². The molecule has 2 aromatic carbocycles. The van der Waals surface area contributed by atoms with Crippen LogP contribution in [0.1, 0.15) is 90.6 Å². The van der Waals surface area contributed by atoms with Gasteiger partial charge in [0, 0.05) is 7.05 Å². The Morgan fingerprint density at radius 2 is 1.28 bits per heavy atom. The Hall–Kier alpha value is -1.02. The molecule has 4 heteroatoms. The minimum Gasteiger partial charge on any atom is -0.242 e. The highest BCUT2D eigenvalue weighted by Gasteiger charge is 2.39. The van der Waals surface area contributed by atoms with Gasteiger partial charge < -0.3 is 0 Å². The van der Waals surface area contributed by atoms with Gasteiger partial charge in [-0.15, -0.1) is 0 Å². The molecule has 0 spiro atoms. The second-order valence-electron chi connectivity index (χ2n) is 12.0. The van der Waals surface area contributed by atoms with Crippen molar-refractivity contribution in [3.63, 3.8) is 0 Å². The lowest BCUT2D eigenvalue weighted by Gasteiger charge is -2.44. The van der Waals surface area contributed by atoms with E-state index in [2.05, 4.69) is 123 Å². The maximum atomic E-state index is 13.6. The molecule has 0 N–H and O–H groups in total. The summed E-state index contributed by atoms with van der Waals surface area (Å²) in [6, 6.07) is 15.6. The molecule has 0 amide bonds. The van der Waals surface area contributed by atoms with Crippen LogP contribution in [0.4, 0.5) is 0 Å². The van der Waals surface area contributed by atoms with Crippen LogP contribution in [0.5, 0.6) is 0 Å². The van der Waals surface area contributed by atoms with E-state index in [0.717, 1.165) is 0 Å². The van der Waals surface area contributed by atoms with E-state index in [4.69, 9.17) is 0 Å². The van der Waals surface area contributed by atoms with E-state index in [-0.39, 0.29) is 21.1 Å². The van der Waals surface area contributed by atoms with Crippen molar-refractivity contribution in [2.45, 2.75) is 97.3 Å². The van der Waals surface area contributed by atoms with E-state index >= 15 is 0 Å². The van der Waals surface area contributed by atoms with Crippen molar-refractivity contribution in [2.75, 3.05) is 7.05 Å². The summed E-state index contributed by atoms with van der Waals surface area (Å²) in [5.41, 5.74) is 4.99. The smallest absolute Gasteiger partial charge is 0.100 e. The molecule has 0 aliphatic rings. The normalized spacial score (nSPS) is 15.3. The number of rotatable bonds is 5. The SMILES string of the molecule is Cc1cc(C)cc([C@@H](c2ccccc2P(C(C)(C)C)C(C)(C)C)N(C)[S@](=O)C(C)(C)C)c1. The third-order valence-corrected chi connectivity index (χ3v) is 10.9. The molecule has 2 rings (SSSR count). The Bertz CT molecular complexity index is 928. The fourth-order valence-corrected chi connectivity index (χ4v) is 10.4. The lowest BCUT2D eigenvalue weighted by molar-refractivity contribution is 0.441. The Kier molecular flexibility index (Phi) is 8.24. The standard InChI is InChI=1S/C28H44NOPS/c1-20-17-21(2)19-22(18-20)25(29(12)32(30)28(9,10)11)23-15-13-14-16-24(23)31(26(3,4)5)27(6,7)8/h13-19,25H,1-12H3/t25-,32+/m0/s1. The maximum Gasteiger partial charge on any atom is 0.100 e. The third-order valence-electron chi connectivity index (χ3n) is 5.52. The molecule has 0 aliphatic carbocycles. The van der Waals surface area contributed by atoms with Crippen LogP contribution in [0.3, 0.4) is 0 Å². The van der Waals surface area contributed by atoms with Crippen molar-refractivity contribution in [2.24, 2.45) is 0 Å². The van der Waals surface area contributed by atoms with Crippen LogP contribution >= 0.6 is 7.92 Å². The molecule has 0 aliphatic heterocycles. The van der Waals surface area contributed by atoms with Crippen LogP contribution in [-0.4, -0.2) is 30.6 Å². The fraction of sp³-hybridized carbons (Fsp3) is 0.571. The van der Waals surface area contributed by atoms with E-state index < -0.39 is 18.9 Å². The minimum atomic E-state index is -1.15. The van der Waals surface area contributed by atoms with Gasteiger partial charge in [0.05, 0.1) is 10.8 Å². The van der Waals surface area contributed by atoms with Gasteiger partial charge >= 0.3 is 0 Å². The summed E-state index contributed by atoms with van der Waals surface area (Å²) >= 11 is 0. The Balaban J connectivity index is 2.85. The molecule has 0 aromatic heterocycles. The molecule has 0 radical (unpaired) electrons. The zero-order chi connectivity index (χ0) is 24.6. The van der Waals surface area contributed by atoms with Gasteiger partial charge in [0.2, 0.25) is 0 Å². The average molecular weight is 474 g/mol. The second-order valence-corrected chi connectivity index (χ2v) is 18.1. The summed E-state index contributed by atoms with van der Waals surface area (Å²) in [4.78, 5) is 0. The zero-order valence-electron chi connectivity index (χ0n) is 22.3. The minimum absolute atomic E-state index is 0.0699. The third kappa shape index (κ3) is 6.31. The largest absolute Gasteiger partial charge is 0.242 e. The molecule has 0 bridgehead atoms. The lowest BCUT2D eigenvalue weighted by atomic mass is 9.95. The van der Waals surface area contributed by atoms with Gasteiger partial charge in [0.1, 0.15) is 11.0 Å². The molecule has 2 aromatic rings. The van der Waals surface area contributed by atoms with Crippen LogP contribution < -0.4 is 5.30 Å². The van der Waals surface area contributed by atoms with Crippen molar-refractivity contribution in [1.29, 1.82) is 0 Å². The summed E-state index contributed by atoms with van der Waals surface area (Å²) in [6.45, 7) is 24.7. The maximum absolute atomic E-state index is 13.6. The highest BCUT2D eigenvalue weighted by Crippen LogP contribution is 2.59. The van der Waals surface area contributed by atoms with Crippen LogP contribution in [0.25, 0.3) is 0 Å². The Morgan fingerprint density at radius 1 is 0.812 bits per heavy atom. The molecule has 2 nitrogen and oxygen atoms in total. The molecule has 0 heterocycles. The molecule has 0 unspecified atom stereocenters. The van der Waals surface area contributed by atoms with Crippen molar-refractivity contribution >= 4 is 24.2 Å². The van der Waals surface area contributed by atoms with Crippen molar-refractivity contribution in [3.05, 3.63) is 64.7 Å². The lowest BCUT2D eigenvalue weighted by Crippen LogP contribution is -2.40. The van der Waals surface area contributed by atoms with Gasteiger partial charge in [-0.1, -0.05) is 103 Å². The second kappa shape index (κ2) is 9.69. The fourth-order valence-electron chi connectivity index (χ4n) is 4.93. The van der Waals surface area contributed by atoms with E-state index in [1.165, 1.54) is 27.6 Å². The van der Waals surface area contributed by atoms with Crippen LogP contribution in [-0.2, 0) is 11.0 Å². The first kappa shape index (κ1) is 27.2. The molecule has 0 fully saturated rings. The molecule has 0 saturated carbocycles. The first-order chi connectivity index (χ1) is 14.4. The number of hydrogen-bond acceptors (Lipinski definition) is 1. The molecule has 2 atom stereocenters. The molecular formula is C28H44NOPS. The molecular weight excluding hydrogens is 429 g/mol. The molecule has 0 saturated heterocycles. The van der Waals surface area contributed by atoms with E-state index in [0.29, 0.717) is 0 Å². The average Bonchev–Trinajstić information content (AvgIpc) is 2.58. The molecule has 32 heavy (non-hydrogen) atoms. The van der Waals surface area contributed by atoms with Gasteiger partial charge in [0.25, 0.3) is 0 Å². The summed E-state index contributed by atoms with van der Waals surface area (Å²) in [5, 5.41) is 1.72. The van der Waals surface area contributed by atoms with Gasteiger partial charge in [-0.3, -0.25) is 0 Å². The van der Waals surface area contributed by atoms with Gasteiger partial charge in [0.15, 0.2) is 0 Å². The first-order valence-electron chi connectivity index (χ1n) is 11.6. The van der Waals surface area contributed by atoms with Crippen molar-refractivity contribution < 1.29 is 4.21 Å². The van der Waals surface area contributed by atoms with Crippen molar-refractivity contribution in [3.8, 4) is 0 Å². The number of aryl methyl sites for hydroxylation is 2. The van der Waals surface area contributed by atoms with Crippen LogP contribution in [0, 0.1) is 13.8 Å². The monoisotopic (exact) mass is 473 g/mol. The quantitative estimate of drug-likeness (QED) is 0.412. The van der Waals surface area contributed by atoms with Gasteiger partial charge in [-0.2, -0.15) is 0 Å². The first-order valence-corrected chi connectivity index (χ1v) is 14.0. The Labute approximate surface area is 201 Å². The van der Waals surface area contributed by atoms with E-state index in [1.807, 2.05) is 7.05 Å². The van der Waals surface area contributed by atoms with Crippen LogP contribution in [0.15, 0.2) is 42.5 Å². The highest BCUT2D eigenvalue weighted by molar-refractivity contribution is 7.84. The van der Waals surface area contributed by atoms with E-state index in [9.17, 15) is 4.21 Å². The number of benzene rings is 2. The summed E-state index contributed by atoms with van der Waals surface area (Å²) in [7, 11) is 0.381. The zero-order valence-corrected chi connectivity index (χ0v) is 24.0. The predicted molar refractivity (Wildman–Crippen MR) is 146 cm³/mol. The van der Waals surface area contributed by atoms with Gasteiger partial charge in [-0.25, -0.2) is 8.51 Å². The van der Waals surface area contributed by atoms with Gasteiger partial charge in [-0.05, 0) is 61.4 Å². The summed E-state index contributed by atoms with van der Waals surface area (Å²) in [6.07, 6.45) is 0. The number of hydrogen-bond donors (Lipinski definition) is 0. The van der Waals surface area contributed by atoms with Crippen LogP contribution in [0.2, 0.25) is 0 Å². The predicted octanol–water partition coefficient (Wildman–Crippen LogP) is 7.49. The number of nitrogens with zero attached hydrogens (tertiary/aromatic N) is 1.